The first-order valence-electron chi connectivity index (χ1n) is 5.98. The molecule has 0 aromatic rings. The molecule has 0 heterocycles. The summed E-state index contributed by atoms with van der Waals surface area (Å²) in [4.78, 5) is 0. The quantitative estimate of drug-likeness (QED) is 0.537. The third-order valence-corrected chi connectivity index (χ3v) is 3.40. The van der Waals surface area contributed by atoms with Crippen LogP contribution in [0, 0.1) is 18.3 Å². The minimum Gasteiger partial charge on any atom is -0.301 e. The average molecular weight is 193 g/mol. The van der Waals surface area contributed by atoms with E-state index >= 15 is 0 Å². The predicted octanol–water partition coefficient (Wildman–Crippen LogP) is 2.96. The SMILES string of the molecule is C#CC(C)NC1CCCC(CC)CC1. The van der Waals surface area contributed by atoms with Crippen molar-refractivity contribution in [3.63, 3.8) is 0 Å². The molecule has 1 aliphatic carbocycles. The molecule has 1 heteroatoms. The molecule has 0 radical (unpaired) electrons. The molecule has 0 aromatic heterocycles. The van der Waals surface area contributed by atoms with Gasteiger partial charge in [0.15, 0.2) is 0 Å². The van der Waals surface area contributed by atoms with Crippen molar-refractivity contribution in [2.75, 3.05) is 0 Å². The molecule has 0 bridgehead atoms. The zero-order valence-electron chi connectivity index (χ0n) is 9.55. The molecule has 0 aliphatic heterocycles. The molecule has 0 amide bonds. The van der Waals surface area contributed by atoms with E-state index in [1.807, 2.05) is 0 Å². The Hall–Kier alpha value is -0.480. The van der Waals surface area contributed by atoms with E-state index in [-0.39, 0.29) is 6.04 Å². The van der Waals surface area contributed by atoms with Gasteiger partial charge in [-0.3, -0.25) is 0 Å². The van der Waals surface area contributed by atoms with Crippen LogP contribution in [-0.4, -0.2) is 12.1 Å². The average Bonchev–Trinajstić information content (AvgIpc) is 2.43. The van der Waals surface area contributed by atoms with Gasteiger partial charge in [0.1, 0.15) is 0 Å². The summed E-state index contributed by atoms with van der Waals surface area (Å²) in [6, 6.07) is 0.899. The molecule has 80 valence electrons. The van der Waals surface area contributed by atoms with E-state index < -0.39 is 0 Å². The minimum absolute atomic E-state index is 0.234. The molecule has 0 saturated heterocycles. The molecule has 3 unspecified atom stereocenters. The van der Waals surface area contributed by atoms with Crippen molar-refractivity contribution < 1.29 is 0 Å². The van der Waals surface area contributed by atoms with Crippen LogP contribution in [0.15, 0.2) is 0 Å². The molecule has 1 rings (SSSR count). The van der Waals surface area contributed by atoms with Crippen molar-refractivity contribution in [3.8, 4) is 12.3 Å². The molecule has 1 saturated carbocycles. The maximum Gasteiger partial charge on any atom is 0.0660 e. The highest BCUT2D eigenvalue weighted by Crippen LogP contribution is 2.25. The van der Waals surface area contributed by atoms with Crippen molar-refractivity contribution in [1.29, 1.82) is 0 Å². The van der Waals surface area contributed by atoms with Crippen LogP contribution < -0.4 is 5.32 Å². The number of nitrogens with one attached hydrogen (secondary N) is 1. The first-order chi connectivity index (χ1) is 6.76. The normalized spacial score (nSPS) is 30.4. The Morgan fingerprint density at radius 2 is 2.14 bits per heavy atom. The van der Waals surface area contributed by atoms with E-state index in [1.165, 1.54) is 38.5 Å². The zero-order chi connectivity index (χ0) is 10.4. The van der Waals surface area contributed by atoms with Crippen LogP contribution in [-0.2, 0) is 0 Å². The van der Waals surface area contributed by atoms with Crippen LogP contribution in [0.5, 0.6) is 0 Å². The molecular formula is C13H23N. The van der Waals surface area contributed by atoms with E-state index in [4.69, 9.17) is 6.42 Å². The lowest BCUT2D eigenvalue weighted by atomic mass is 9.98. The smallest absolute Gasteiger partial charge is 0.0660 e. The van der Waals surface area contributed by atoms with Crippen LogP contribution in [0.25, 0.3) is 0 Å². The third-order valence-electron chi connectivity index (χ3n) is 3.40. The van der Waals surface area contributed by atoms with Crippen molar-refractivity contribution in [3.05, 3.63) is 0 Å². The topological polar surface area (TPSA) is 12.0 Å². The van der Waals surface area contributed by atoms with Gasteiger partial charge in [0.25, 0.3) is 0 Å². The van der Waals surface area contributed by atoms with E-state index in [9.17, 15) is 0 Å². The van der Waals surface area contributed by atoms with Gasteiger partial charge >= 0.3 is 0 Å². The second kappa shape index (κ2) is 6.09. The lowest BCUT2D eigenvalue weighted by molar-refractivity contribution is 0.419. The van der Waals surface area contributed by atoms with Gasteiger partial charge in [-0.1, -0.05) is 32.1 Å². The fourth-order valence-corrected chi connectivity index (χ4v) is 2.36. The summed E-state index contributed by atoms with van der Waals surface area (Å²) in [5.41, 5.74) is 0. The van der Waals surface area contributed by atoms with Gasteiger partial charge in [0, 0.05) is 6.04 Å². The second-order valence-corrected chi connectivity index (χ2v) is 4.53. The predicted molar refractivity (Wildman–Crippen MR) is 62.1 cm³/mol. The highest BCUT2D eigenvalue weighted by atomic mass is 14.9. The van der Waals surface area contributed by atoms with Crippen LogP contribution in [0.4, 0.5) is 0 Å². The first-order valence-corrected chi connectivity index (χ1v) is 5.98. The molecule has 1 nitrogen and oxygen atoms in total. The van der Waals surface area contributed by atoms with E-state index in [0.29, 0.717) is 6.04 Å². The molecule has 0 aromatic carbocycles. The maximum absolute atomic E-state index is 5.37. The molecule has 0 spiro atoms. The molecule has 1 aliphatic rings. The van der Waals surface area contributed by atoms with E-state index in [2.05, 4.69) is 25.1 Å². The highest BCUT2D eigenvalue weighted by molar-refractivity contribution is 4.97. The van der Waals surface area contributed by atoms with Gasteiger partial charge in [-0.05, 0) is 32.1 Å². The molecule has 3 atom stereocenters. The molecular weight excluding hydrogens is 170 g/mol. The van der Waals surface area contributed by atoms with Crippen LogP contribution in [0.1, 0.15) is 52.4 Å². The fourth-order valence-electron chi connectivity index (χ4n) is 2.36. The summed E-state index contributed by atoms with van der Waals surface area (Å²) in [6.07, 6.45) is 13.5. The van der Waals surface area contributed by atoms with Crippen LogP contribution in [0.2, 0.25) is 0 Å². The Kier molecular flexibility index (Phi) is 5.04. The standard InChI is InChI=1S/C13H23N/c1-4-11(3)14-13-8-6-7-12(5-2)9-10-13/h1,11-14H,5-10H2,2-3H3. The summed E-state index contributed by atoms with van der Waals surface area (Å²) in [5.74, 6) is 3.71. The van der Waals surface area contributed by atoms with Crippen molar-refractivity contribution >= 4 is 0 Å². The summed E-state index contributed by atoms with van der Waals surface area (Å²) >= 11 is 0. The van der Waals surface area contributed by atoms with Gasteiger partial charge in [0.2, 0.25) is 0 Å². The van der Waals surface area contributed by atoms with E-state index in [0.717, 1.165) is 5.92 Å². The van der Waals surface area contributed by atoms with Gasteiger partial charge < -0.3 is 5.32 Å². The lowest BCUT2D eigenvalue weighted by Gasteiger charge is -2.18. The maximum atomic E-state index is 5.37. The highest BCUT2D eigenvalue weighted by Gasteiger charge is 2.18. The summed E-state index contributed by atoms with van der Waals surface area (Å²) in [7, 11) is 0. The number of terminal acetylenes is 1. The molecule has 14 heavy (non-hydrogen) atoms. The van der Waals surface area contributed by atoms with Crippen LogP contribution >= 0.6 is 0 Å². The Balaban J connectivity index is 2.31. The Labute approximate surface area is 88.7 Å². The van der Waals surface area contributed by atoms with Gasteiger partial charge in [0.05, 0.1) is 6.04 Å². The second-order valence-electron chi connectivity index (χ2n) is 4.53. The van der Waals surface area contributed by atoms with Crippen molar-refractivity contribution in [2.45, 2.75) is 64.5 Å². The summed E-state index contributed by atoms with van der Waals surface area (Å²) in [5, 5.41) is 3.52. The Morgan fingerprint density at radius 3 is 2.79 bits per heavy atom. The minimum atomic E-state index is 0.234. The van der Waals surface area contributed by atoms with Gasteiger partial charge in [-0.2, -0.15) is 0 Å². The molecule has 1 N–H and O–H groups in total. The molecule has 1 fully saturated rings. The van der Waals surface area contributed by atoms with Crippen LogP contribution in [0.3, 0.4) is 0 Å². The largest absolute Gasteiger partial charge is 0.301 e. The van der Waals surface area contributed by atoms with Crippen molar-refractivity contribution in [1.82, 2.24) is 5.32 Å². The van der Waals surface area contributed by atoms with Gasteiger partial charge in [-0.25, -0.2) is 0 Å². The summed E-state index contributed by atoms with van der Waals surface area (Å²) < 4.78 is 0. The third kappa shape index (κ3) is 3.72. The Bertz CT molecular complexity index is 192. The lowest BCUT2D eigenvalue weighted by Crippen LogP contribution is -2.35. The van der Waals surface area contributed by atoms with E-state index in [1.54, 1.807) is 0 Å². The number of hydrogen-bond acceptors (Lipinski definition) is 1. The van der Waals surface area contributed by atoms with Gasteiger partial charge in [-0.15, -0.1) is 6.42 Å². The van der Waals surface area contributed by atoms with Crippen molar-refractivity contribution in [2.24, 2.45) is 5.92 Å². The number of hydrogen-bond donors (Lipinski definition) is 1. The number of rotatable bonds is 3. The Morgan fingerprint density at radius 1 is 1.36 bits per heavy atom. The first kappa shape index (κ1) is 11.6. The zero-order valence-corrected chi connectivity index (χ0v) is 9.55. The summed E-state index contributed by atoms with van der Waals surface area (Å²) in [6.45, 7) is 4.38. The fraction of sp³-hybridized carbons (Fsp3) is 0.846. The monoisotopic (exact) mass is 193 g/mol.